The van der Waals surface area contributed by atoms with Crippen molar-refractivity contribution >= 4 is 17.6 Å². The summed E-state index contributed by atoms with van der Waals surface area (Å²) in [5.41, 5.74) is 0.567. The Hall–Kier alpha value is -1.85. The summed E-state index contributed by atoms with van der Waals surface area (Å²) in [4.78, 5) is 22.4. The molecule has 0 saturated heterocycles. The third kappa shape index (κ3) is 2.82. The molecule has 0 aliphatic heterocycles. The second-order valence-corrected chi connectivity index (χ2v) is 3.81. The monoisotopic (exact) mass is 225 g/mol. The van der Waals surface area contributed by atoms with Crippen LogP contribution in [0.1, 0.15) is 13.8 Å². The van der Waals surface area contributed by atoms with Crippen molar-refractivity contribution in [3.63, 3.8) is 0 Å². The molecular formula is C10H15N3O3. The minimum atomic E-state index is -0.978. The molecule has 0 aliphatic rings. The van der Waals surface area contributed by atoms with Crippen LogP contribution in [0.5, 0.6) is 0 Å². The largest absolute Gasteiger partial charge is 0.481 e. The Morgan fingerprint density at radius 2 is 2.06 bits per heavy atom. The zero-order valence-corrected chi connectivity index (χ0v) is 9.47. The fourth-order valence-corrected chi connectivity index (χ4v) is 1.18. The Balaban J connectivity index is 2.62. The number of carbonyl (C=O) groups is 2. The molecule has 1 rings (SSSR count). The van der Waals surface area contributed by atoms with Crippen LogP contribution in [-0.2, 0) is 16.6 Å². The molecule has 0 aromatic carbocycles. The van der Waals surface area contributed by atoms with E-state index in [0.717, 1.165) is 0 Å². The van der Waals surface area contributed by atoms with Crippen LogP contribution in [-0.4, -0.2) is 26.8 Å². The predicted molar refractivity (Wildman–Crippen MR) is 57.8 cm³/mol. The molecule has 1 aromatic heterocycles. The molecule has 0 spiro atoms. The maximum absolute atomic E-state index is 11.7. The SMILES string of the molecule is CC(C(=O)O)C(C)C(=O)Nc1cnn(C)c1. The number of hydrogen-bond acceptors (Lipinski definition) is 3. The van der Waals surface area contributed by atoms with Gasteiger partial charge in [-0.3, -0.25) is 14.3 Å². The highest BCUT2D eigenvalue weighted by atomic mass is 16.4. The Morgan fingerprint density at radius 1 is 1.44 bits per heavy atom. The van der Waals surface area contributed by atoms with Gasteiger partial charge >= 0.3 is 5.97 Å². The van der Waals surface area contributed by atoms with Gasteiger partial charge in [0, 0.05) is 19.2 Å². The summed E-state index contributed by atoms with van der Waals surface area (Å²) in [6, 6.07) is 0. The molecule has 6 heteroatoms. The van der Waals surface area contributed by atoms with E-state index in [4.69, 9.17) is 5.11 Å². The van der Waals surface area contributed by atoms with Gasteiger partial charge in [-0.1, -0.05) is 13.8 Å². The summed E-state index contributed by atoms with van der Waals surface area (Å²) in [6.07, 6.45) is 3.16. The molecule has 88 valence electrons. The van der Waals surface area contributed by atoms with Gasteiger partial charge in [0.25, 0.3) is 0 Å². The molecule has 0 bridgehead atoms. The number of anilines is 1. The Kier molecular flexibility index (Phi) is 3.65. The van der Waals surface area contributed by atoms with Crippen LogP contribution in [0.15, 0.2) is 12.4 Å². The van der Waals surface area contributed by atoms with Gasteiger partial charge in [0.05, 0.1) is 17.8 Å². The quantitative estimate of drug-likeness (QED) is 0.790. The first-order valence-corrected chi connectivity index (χ1v) is 4.94. The van der Waals surface area contributed by atoms with Gasteiger partial charge in [-0.2, -0.15) is 5.10 Å². The summed E-state index contributed by atoms with van der Waals surface area (Å²) in [5, 5.41) is 15.3. The number of nitrogens with one attached hydrogen (secondary N) is 1. The number of rotatable bonds is 4. The Labute approximate surface area is 93.3 Å². The molecule has 1 heterocycles. The van der Waals surface area contributed by atoms with E-state index < -0.39 is 17.8 Å². The molecule has 0 aliphatic carbocycles. The van der Waals surface area contributed by atoms with Crippen LogP contribution >= 0.6 is 0 Å². The molecule has 16 heavy (non-hydrogen) atoms. The Bertz CT molecular complexity index is 400. The molecule has 1 aromatic rings. The van der Waals surface area contributed by atoms with E-state index in [9.17, 15) is 9.59 Å². The van der Waals surface area contributed by atoms with Gasteiger partial charge in [-0.05, 0) is 0 Å². The highest BCUT2D eigenvalue weighted by molar-refractivity contribution is 5.94. The Morgan fingerprint density at radius 3 is 2.50 bits per heavy atom. The van der Waals surface area contributed by atoms with E-state index in [1.54, 1.807) is 24.9 Å². The average molecular weight is 225 g/mol. The van der Waals surface area contributed by atoms with Crippen molar-refractivity contribution in [3.8, 4) is 0 Å². The standard InChI is InChI=1S/C10H15N3O3/c1-6(7(2)10(15)16)9(14)12-8-4-11-13(3)5-8/h4-7H,1-3H3,(H,12,14)(H,15,16). The van der Waals surface area contributed by atoms with Crippen molar-refractivity contribution in [2.45, 2.75) is 13.8 Å². The third-order valence-corrected chi connectivity index (χ3v) is 2.53. The van der Waals surface area contributed by atoms with Crippen LogP contribution in [0.4, 0.5) is 5.69 Å². The van der Waals surface area contributed by atoms with Crippen molar-refractivity contribution < 1.29 is 14.7 Å². The predicted octanol–water partition coefficient (Wildman–Crippen LogP) is 0.715. The van der Waals surface area contributed by atoms with Gasteiger partial charge in [0.2, 0.25) is 5.91 Å². The van der Waals surface area contributed by atoms with Crippen LogP contribution < -0.4 is 5.32 Å². The highest BCUT2D eigenvalue weighted by Gasteiger charge is 2.25. The zero-order valence-electron chi connectivity index (χ0n) is 9.47. The van der Waals surface area contributed by atoms with Crippen LogP contribution in [0, 0.1) is 11.8 Å². The molecule has 0 radical (unpaired) electrons. The van der Waals surface area contributed by atoms with Gasteiger partial charge in [0.15, 0.2) is 0 Å². The topological polar surface area (TPSA) is 84.2 Å². The second-order valence-electron chi connectivity index (χ2n) is 3.81. The fraction of sp³-hybridized carbons (Fsp3) is 0.500. The van der Waals surface area contributed by atoms with Gasteiger partial charge in [-0.25, -0.2) is 0 Å². The normalized spacial score (nSPS) is 14.2. The molecule has 2 N–H and O–H groups in total. The number of nitrogens with zero attached hydrogens (tertiary/aromatic N) is 2. The van der Waals surface area contributed by atoms with Gasteiger partial charge in [-0.15, -0.1) is 0 Å². The van der Waals surface area contributed by atoms with Crippen molar-refractivity contribution in [2.75, 3.05) is 5.32 Å². The molecule has 0 saturated carbocycles. The van der Waals surface area contributed by atoms with Gasteiger partial charge in [0.1, 0.15) is 0 Å². The number of aryl methyl sites for hydroxylation is 1. The lowest BCUT2D eigenvalue weighted by atomic mass is 9.95. The van der Waals surface area contributed by atoms with Gasteiger partial charge < -0.3 is 10.4 Å². The van der Waals surface area contributed by atoms with E-state index in [-0.39, 0.29) is 5.91 Å². The van der Waals surface area contributed by atoms with Crippen molar-refractivity contribution in [2.24, 2.45) is 18.9 Å². The van der Waals surface area contributed by atoms with E-state index in [0.29, 0.717) is 5.69 Å². The van der Waals surface area contributed by atoms with Crippen LogP contribution in [0.2, 0.25) is 0 Å². The second kappa shape index (κ2) is 4.78. The lowest BCUT2D eigenvalue weighted by molar-refractivity contribution is -0.145. The summed E-state index contributed by atoms with van der Waals surface area (Å²) < 4.78 is 1.56. The van der Waals surface area contributed by atoms with Crippen LogP contribution in [0.3, 0.4) is 0 Å². The fourth-order valence-electron chi connectivity index (χ4n) is 1.18. The van der Waals surface area contributed by atoms with Crippen molar-refractivity contribution in [1.29, 1.82) is 0 Å². The third-order valence-electron chi connectivity index (χ3n) is 2.53. The summed E-state index contributed by atoms with van der Waals surface area (Å²) in [6.45, 7) is 3.10. The number of amides is 1. The first-order valence-electron chi connectivity index (χ1n) is 4.94. The number of aliphatic carboxylic acids is 1. The number of carboxylic acids is 1. The first-order chi connectivity index (χ1) is 7.41. The van der Waals surface area contributed by atoms with E-state index >= 15 is 0 Å². The van der Waals surface area contributed by atoms with Crippen molar-refractivity contribution in [1.82, 2.24) is 9.78 Å². The zero-order chi connectivity index (χ0) is 12.3. The first kappa shape index (κ1) is 12.2. The number of aromatic nitrogens is 2. The lowest BCUT2D eigenvalue weighted by Crippen LogP contribution is -2.29. The molecule has 1 amide bonds. The van der Waals surface area contributed by atoms with E-state index in [1.165, 1.54) is 13.1 Å². The maximum atomic E-state index is 11.7. The minimum Gasteiger partial charge on any atom is -0.481 e. The summed E-state index contributed by atoms with van der Waals surface area (Å²) in [7, 11) is 1.74. The van der Waals surface area contributed by atoms with E-state index in [1.807, 2.05) is 0 Å². The molecular weight excluding hydrogens is 210 g/mol. The van der Waals surface area contributed by atoms with Crippen LogP contribution in [0.25, 0.3) is 0 Å². The van der Waals surface area contributed by atoms with E-state index in [2.05, 4.69) is 10.4 Å². The summed E-state index contributed by atoms with van der Waals surface area (Å²) in [5.74, 6) is -2.59. The maximum Gasteiger partial charge on any atom is 0.307 e. The molecule has 2 unspecified atom stereocenters. The molecule has 2 atom stereocenters. The average Bonchev–Trinajstić information content (AvgIpc) is 2.61. The number of hydrogen-bond donors (Lipinski definition) is 2. The smallest absolute Gasteiger partial charge is 0.307 e. The lowest BCUT2D eigenvalue weighted by Gasteiger charge is -2.14. The van der Waals surface area contributed by atoms with Crippen molar-refractivity contribution in [3.05, 3.63) is 12.4 Å². The summed E-state index contributed by atoms with van der Waals surface area (Å²) >= 11 is 0. The highest BCUT2D eigenvalue weighted by Crippen LogP contribution is 2.14. The minimum absolute atomic E-state index is 0.317. The number of carboxylic acid groups (broad SMARTS) is 1. The molecule has 6 nitrogen and oxygen atoms in total. The number of carbonyl (C=O) groups excluding carboxylic acids is 1. The molecule has 0 fully saturated rings.